The smallest absolute Gasteiger partial charge is 0.255 e. The molecular formula is C12H16BrNO3. The van der Waals surface area contributed by atoms with Crippen molar-refractivity contribution in [2.75, 3.05) is 13.2 Å². The van der Waals surface area contributed by atoms with Crippen LogP contribution >= 0.6 is 15.9 Å². The largest absolute Gasteiger partial charge is 0.457 e. The number of ether oxygens (including phenoxy) is 1. The molecule has 1 saturated heterocycles. The Balaban J connectivity index is 1.71. The van der Waals surface area contributed by atoms with Crippen LogP contribution in [-0.4, -0.2) is 25.2 Å². The van der Waals surface area contributed by atoms with E-state index in [-0.39, 0.29) is 5.91 Å². The van der Waals surface area contributed by atoms with E-state index in [0.717, 1.165) is 25.9 Å². The summed E-state index contributed by atoms with van der Waals surface area (Å²) < 4.78 is 11.1. The monoisotopic (exact) mass is 301 g/mol. The standard InChI is InChI=1S/C12H16BrNO3/c13-11-10(5-8-17-11)12(15)14-6-4-9-3-1-2-7-16-9/h5,8-9H,1-4,6-7H2,(H,14,15). The molecule has 0 bridgehead atoms. The van der Waals surface area contributed by atoms with Gasteiger partial charge in [0.2, 0.25) is 0 Å². The molecule has 2 heterocycles. The van der Waals surface area contributed by atoms with Gasteiger partial charge in [0.1, 0.15) is 0 Å². The van der Waals surface area contributed by atoms with Gasteiger partial charge in [0.25, 0.3) is 5.91 Å². The van der Waals surface area contributed by atoms with Crippen molar-refractivity contribution in [1.82, 2.24) is 5.32 Å². The van der Waals surface area contributed by atoms with Crippen molar-refractivity contribution < 1.29 is 13.9 Å². The third-order valence-corrected chi connectivity index (χ3v) is 3.50. The maximum atomic E-state index is 11.7. The van der Waals surface area contributed by atoms with Crippen molar-refractivity contribution in [2.45, 2.75) is 31.8 Å². The van der Waals surface area contributed by atoms with Crippen LogP contribution in [0.15, 0.2) is 21.4 Å². The predicted molar refractivity (Wildman–Crippen MR) is 66.9 cm³/mol. The van der Waals surface area contributed by atoms with Gasteiger partial charge in [-0.1, -0.05) is 0 Å². The summed E-state index contributed by atoms with van der Waals surface area (Å²) in [7, 11) is 0. The Labute approximate surface area is 109 Å². The van der Waals surface area contributed by atoms with E-state index < -0.39 is 0 Å². The second-order valence-electron chi connectivity index (χ2n) is 4.14. The van der Waals surface area contributed by atoms with Crippen molar-refractivity contribution in [2.24, 2.45) is 0 Å². The molecule has 1 N–H and O–H groups in total. The molecular weight excluding hydrogens is 286 g/mol. The lowest BCUT2D eigenvalue weighted by Gasteiger charge is -2.22. The average Bonchev–Trinajstić information content (AvgIpc) is 2.77. The van der Waals surface area contributed by atoms with E-state index in [2.05, 4.69) is 21.2 Å². The van der Waals surface area contributed by atoms with Gasteiger partial charge in [0, 0.05) is 13.2 Å². The third-order valence-electron chi connectivity index (χ3n) is 2.89. The molecule has 1 aromatic heterocycles. The molecule has 1 unspecified atom stereocenters. The van der Waals surface area contributed by atoms with E-state index >= 15 is 0 Å². The van der Waals surface area contributed by atoms with Gasteiger partial charge < -0.3 is 14.5 Å². The molecule has 0 spiro atoms. The van der Waals surface area contributed by atoms with E-state index in [1.807, 2.05) is 0 Å². The molecule has 5 heteroatoms. The fourth-order valence-electron chi connectivity index (χ4n) is 1.93. The SMILES string of the molecule is O=C(NCCC1CCCCO1)c1ccoc1Br. The van der Waals surface area contributed by atoms with Crippen molar-refractivity contribution in [3.63, 3.8) is 0 Å². The number of carbonyl (C=O) groups is 1. The van der Waals surface area contributed by atoms with Gasteiger partial charge in [0.05, 0.1) is 17.9 Å². The first-order valence-corrected chi connectivity index (χ1v) is 6.69. The van der Waals surface area contributed by atoms with Gasteiger partial charge in [-0.3, -0.25) is 4.79 Å². The minimum atomic E-state index is -0.110. The second-order valence-corrected chi connectivity index (χ2v) is 4.86. The number of halogens is 1. The van der Waals surface area contributed by atoms with Crippen molar-refractivity contribution >= 4 is 21.8 Å². The van der Waals surface area contributed by atoms with E-state index in [1.54, 1.807) is 6.07 Å². The van der Waals surface area contributed by atoms with Gasteiger partial charge >= 0.3 is 0 Å². The molecule has 0 aliphatic carbocycles. The Morgan fingerprint density at radius 1 is 1.53 bits per heavy atom. The van der Waals surface area contributed by atoms with Crippen LogP contribution in [0.25, 0.3) is 0 Å². The van der Waals surface area contributed by atoms with Gasteiger partial charge in [-0.05, 0) is 47.7 Å². The van der Waals surface area contributed by atoms with Crippen LogP contribution in [0.2, 0.25) is 0 Å². The summed E-state index contributed by atoms with van der Waals surface area (Å²) in [6.07, 6.45) is 6.16. The Hall–Kier alpha value is -0.810. The summed E-state index contributed by atoms with van der Waals surface area (Å²) in [6, 6.07) is 1.65. The summed E-state index contributed by atoms with van der Waals surface area (Å²) in [5.41, 5.74) is 0.537. The summed E-state index contributed by atoms with van der Waals surface area (Å²) >= 11 is 3.18. The molecule has 0 aromatic carbocycles. The van der Waals surface area contributed by atoms with Crippen molar-refractivity contribution in [3.8, 4) is 0 Å². The lowest BCUT2D eigenvalue weighted by molar-refractivity contribution is 0.0117. The Bertz CT molecular complexity index is 372. The number of nitrogens with one attached hydrogen (secondary N) is 1. The third kappa shape index (κ3) is 3.57. The molecule has 1 aromatic rings. The highest BCUT2D eigenvalue weighted by atomic mass is 79.9. The summed E-state index contributed by atoms with van der Waals surface area (Å²) in [6.45, 7) is 1.49. The zero-order valence-corrected chi connectivity index (χ0v) is 11.2. The van der Waals surface area contributed by atoms with Crippen LogP contribution < -0.4 is 5.32 Å². The van der Waals surface area contributed by atoms with E-state index in [4.69, 9.17) is 9.15 Å². The second kappa shape index (κ2) is 6.21. The van der Waals surface area contributed by atoms with Crippen LogP contribution in [0.5, 0.6) is 0 Å². The van der Waals surface area contributed by atoms with Crippen molar-refractivity contribution in [3.05, 3.63) is 22.6 Å². The highest BCUT2D eigenvalue weighted by Gasteiger charge is 2.15. The first kappa shape index (κ1) is 12.6. The molecule has 17 heavy (non-hydrogen) atoms. The molecule has 0 saturated carbocycles. The molecule has 1 fully saturated rings. The van der Waals surface area contributed by atoms with E-state index in [0.29, 0.717) is 22.9 Å². The molecule has 1 atom stereocenters. The first-order valence-electron chi connectivity index (χ1n) is 5.90. The van der Waals surface area contributed by atoms with Crippen LogP contribution in [0.3, 0.4) is 0 Å². The van der Waals surface area contributed by atoms with Crippen LogP contribution in [0.4, 0.5) is 0 Å². The maximum Gasteiger partial charge on any atom is 0.255 e. The number of furan rings is 1. The lowest BCUT2D eigenvalue weighted by atomic mass is 10.1. The number of hydrogen-bond acceptors (Lipinski definition) is 3. The van der Waals surface area contributed by atoms with E-state index in [1.165, 1.54) is 12.7 Å². The number of carbonyl (C=O) groups excluding carboxylic acids is 1. The van der Waals surface area contributed by atoms with E-state index in [9.17, 15) is 4.79 Å². The van der Waals surface area contributed by atoms with Gasteiger partial charge in [-0.25, -0.2) is 0 Å². The molecule has 0 radical (unpaired) electrons. The van der Waals surface area contributed by atoms with Gasteiger partial charge in [-0.2, -0.15) is 0 Å². The number of amides is 1. The number of hydrogen-bond donors (Lipinski definition) is 1. The lowest BCUT2D eigenvalue weighted by Crippen LogP contribution is -2.29. The highest BCUT2D eigenvalue weighted by Crippen LogP contribution is 2.18. The summed E-state index contributed by atoms with van der Waals surface area (Å²) in [5, 5.41) is 2.86. The zero-order chi connectivity index (χ0) is 12.1. The minimum absolute atomic E-state index is 0.110. The van der Waals surface area contributed by atoms with Gasteiger partial charge in [-0.15, -0.1) is 0 Å². The summed E-state index contributed by atoms with van der Waals surface area (Å²) in [5.74, 6) is -0.110. The van der Waals surface area contributed by atoms with Crippen LogP contribution in [0, 0.1) is 0 Å². The Kier molecular flexibility index (Phi) is 4.62. The maximum absolute atomic E-state index is 11.7. The summed E-state index contributed by atoms with van der Waals surface area (Å²) in [4.78, 5) is 11.7. The molecule has 2 rings (SSSR count). The minimum Gasteiger partial charge on any atom is -0.457 e. The highest BCUT2D eigenvalue weighted by molar-refractivity contribution is 9.10. The Morgan fingerprint density at radius 2 is 2.41 bits per heavy atom. The van der Waals surface area contributed by atoms with Crippen molar-refractivity contribution in [1.29, 1.82) is 0 Å². The molecule has 1 amide bonds. The normalized spacial score (nSPS) is 20.2. The quantitative estimate of drug-likeness (QED) is 0.930. The fraction of sp³-hybridized carbons (Fsp3) is 0.583. The molecule has 1 aliphatic rings. The molecule has 4 nitrogen and oxygen atoms in total. The predicted octanol–water partition coefficient (Wildman–Crippen LogP) is 2.73. The number of rotatable bonds is 4. The fourth-order valence-corrected chi connectivity index (χ4v) is 2.35. The molecule has 94 valence electrons. The zero-order valence-electron chi connectivity index (χ0n) is 9.58. The van der Waals surface area contributed by atoms with Crippen LogP contribution in [-0.2, 0) is 4.74 Å². The Morgan fingerprint density at radius 3 is 3.06 bits per heavy atom. The van der Waals surface area contributed by atoms with Gasteiger partial charge in [0.15, 0.2) is 4.67 Å². The molecule has 1 aliphatic heterocycles. The van der Waals surface area contributed by atoms with Crippen LogP contribution in [0.1, 0.15) is 36.0 Å². The average molecular weight is 302 g/mol. The first-order chi connectivity index (χ1) is 8.27. The topological polar surface area (TPSA) is 51.5 Å².